The highest BCUT2D eigenvalue weighted by molar-refractivity contribution is 6.56. The molecule has 0 saturated heterocycles. The Labute approximate surface area is 93.6 Å². The van der Waals surface area contributed by atoms with Crippen molar-refractivity contribution in [2.75, 3.05) is 7.05 Å². The fourth-order valence-electron chi connectivity index (χ4n) is 1.40. The molecule has 0 rings (SSSR count). The first-order valence-electron chi connectivity index (χ1n) is 5.47. The average Bonchev–Trinajstić information content (AvgIpc) is 2.15. The van der Waals surface area contributed by atoms with E-state index in [1.807, 2.05) is 6.92 Å². The van der Waals surface area contributed by atoms with E-state index in [-0.39, 0.29) is 17.6 Å². The van der Waals surface area contributed by atoms with Gasteiger partial charge in [-0.25, -0.2) is 0 Å². The lowest BCUT2D eigenvalue weighted by Gasteiger charge is -2.24. The Hall–Kier alpha value is -0.795. The van der Waals surface area contributed by atoms with E-state index in [0.29, 0.717) is 6.42 Å². The molecule has 2 radical (unpaired) electrons. The minimum atomic E-state index is -0.383. The Morgan fingerprint density at radius 1 is 1.27 bits per heavy atom. The lowest BCUT2D eigenvalue weighted by atomic mass is 10.0. The molecule has 15 heavy (non-hydrogen) atoms. The first-order valence-corrected chi connectivity index (χ1v) is 5.47. The third-order valence-corrected chi connectivity index (χ3v) is 2.66. The van der Waals surface area contributed by atoms with E-state index in [4.69, 9.17) is 7.85 Å². The minimum Gasteiger partial charge on any atom is -0.353 e. The minimum absolute atomic E-state index is 0.180. The van der Waals surface area contributed by atoms with Crippen molar-refractivity contribution in [1.82, 2.24) is 4.90 Å². The summed E-state index contributed by atoms with van der Waals surface area (Å²) < 4.78 is 0. The van der Waals surface area contributed by atoms with E-state index in [2.05, 4.69) is 0 Å². The molecule has 0 aromatic carbocycles. The van der Waals surface area contributed by atoms with Crippen LogP contribution in [0.15, 0.2) is 0 Å². The molecule has 0 aliphatic rings. The third-order valence-electron chi connectivity index (χ3n) is 2.66. The van der Waals surface area contributed by atoms with Crippen LogP contribution in [0, 0.1) is 0 Å². The summed E-state index contributed by atoms with van der Waals surface area (Å²) in [4.78, 5) is 23.0. The van der Waals surface area contributed by atoms with Crippen molar-refractivity contribution in [2.24, 2.45) is 0 Å². The number of hydrogen-bond acceptors (Lipinski definition) is 2. The van der Waals surface area contributed by atoms with Gasteiger partial charge in [-0.3, -0.25) is 4.79 Å². The van der Waals surface area contributed by atoms with Crippen molar-refractivity contribution in [2.45, 2.75) is 52.0 Å². The van der Waals surface area contributed by atoms with Gasteiger partial charge in [0.15, 0.2) is 5.81 Å². The summed E-state index contributed by atoms with van der Waals surface area (Å²) in [5.74, 6) is -0.136. The predicted octanol–water partition coefficient (Wildman–Crippen LogP) is 2.13. The molecule has 0 aromatic rings. The van der Waals surface area contributed by atoms with Crippen molar-refractivity contribution in [3.63, 3.8) is 0 Å². The summed E-state index contributed by atoms with van der Waals surface area (Å²) in [6.07, 6.45) is 4.63. The van der Waals surface area contributed by atoms with Gasteiger partial charge < -0.3 is 9.69 Å². The molecule has 1 amide bonds. The molecular formula is C11H20BNO2. The first kappa shape index (κ1) is 14.2. The Morgan fingerprint density at radius 2 is 1.87 bits per heavy atom. The van der Waals surface area contributed by atoms with Gasteiger partial charge in [-0.05, 0) is 26.7 Å². The van der Waals surface area contributed by atoms with Gasteiger partial charge >= 0.3 is 0 Å². The highest BCUT2D eigenvalue weighted by Gasteiger charge is 2.10. The number of amides is 1. The molecule has 0 saturated carbocycles. The zero-order chi connectivity index (χ0) is 11.8. The van der Waals surface area contributed by atoms with E-state index < -0.39 is 0 Å². The number of nitrogens with zero attached hydrogens (tertiary/aromatic N) is 1. The fourth-order valence-corrected chi connectivity index (χ4v) is 1.40. The van der Waals surface area contributed by atoms with Gasteiger partial charge in [-0.2, -0.15) is 0 Å². The molecule has 84 valence electrons. The van der Waals surface area contributed by atoms with Gasteiger partial charge in [0.1, 0.15) is 5.78 Å². The zero-order valence-electron chi connectivity index (χ0n) is 9.95. The highest BCUT2D eigenvalue weighted by Crippen LogP contribution is 2.09. The molecule has 0 aliphatic heterocycles. The lowest BCUT2D eigenvalue weighted by Crippen LogP contribution is -2.34. The van der Waals surface area contributed by atoms with Crippen molar-refractivity contribution < 1.29 is 9.59 Å². The van der Waals surface area contributed by atoms with Crippen LogP contribution >= 0.6 is 0 Å². The molecule has 1 unspecified atom stereocenters. The number of carbonyl (C=O) groups is 2. The number of ketones is 1. The second kappa shape index (κ2) is 7.49. The average molecular weight is 209 g/mol. The second-order valence-electron chi connectivity index (χ2n) is 4.10. The second-order valence-corrected chi connectivity index (χ2v) is 4.10. The number of carbonyl (C=O) groups excluding carboxylic acids is 2. The largest absolute Gasteiger partial charge is 0.353 e. The van der Waals surface area contributed by atoms with Crippen LogP contribution < -0.4 is 0 Å². The van der Waals surface area contributed by atoms with E-state index >= 15 is 0 Å². The van der Waals surface area contributed by atoms with Crippen molar-refractivity contribution >= 4 is 19.4 Å². The Morgan fingerprint density at radius 3 is 2.33 bits per heavy atom. The van der Waals surface area contributed by atoms with Gasteiger partial charge in [0.25, 0.3) is 0 Å². The maximum atomic E-state index is 10.8. The number of Topliss-reactive ketones (excluding diaryl/α,β-unsaturated/α-hetero) is 1. The molecule has 1 atom stereocenters. The van der Waals surface area contributed by atoms with E-state index in [9.17, 15) is 9.59 Å². The molecule has 0 aliphatic carbocycles. The molecule has 0 spiro atoms. The molecule has 3 nitrogen and oxygen atoms in total. The zero-order valence-corrected chi connectivity index (χ0v) is 9.95. The van der Waals surface area contributed by atoms with Crippen LogP contribution in [0.3, 0.4) is 0 Å². The Kier molecular flexibility index (Phi) is 7.09. The lowest BCUT2D eigenvalue weighted by molar-refractivity contribution is -0.117. The molecule has 0 fully saturated rings. The van der Waals surface area contributed by atoms with Gasteiger partial charge in [0.05, 0.1) is 0 Å². The van der Waals surface area contributed by atoms with Crippen LogP contribution in [-0.4, -0.2) is 37.4 Å². The van der Waals surface area contributed by atoms with Crippen LogP contribution in [0.2, 0.25) is 0 Å². The smallest absolute Gasteiger partial charge is 0.200 e. The van der Waals surface area contributed by atoms with Crippen LogP contribution in [0.1, 0.15) is 46.0 Å². The fraction of sp³-hybridized carbons (Fsp3) is 0.818. The van der Waals surface area contributed by atoms with Crippen molar-refractivity contribution in [3.05, 3.63) is 0 Å². The van der Waals surface area contributed by atoms with Crippen LogP contribution in [0.5, 0.6) is 0 Å². The molecule has 0 aromatic heterocycles. The molecule has 0 heterocycles. The van der Waals surface area contributed by atoms with Crippen LogP contribution in [0.25, 0.3) is 0 Å². The SMILES string of the molecule is [B]C(=O)N(C)C(C)CCCCCC(C)=O. The third kappa shape index (κ3) is 7.17. The summed E-state index contributed by atoms with van der Waals surface area (Å²) in [6.45, 7) is 3.60. The standard InChI is InChI=1S/C11H20BNO2/c1-9(13(3)11(12)15)7-5-4-6-8-10(2)14/h9H,4-8H2,1-3H3. The highest BCUT2D eigenvalue weighted by atomic mass is 16.1. The number of unbranched alkanes of at least 4 members (excludes halogenated alkanes) is 2. The van der Waals surface area contributed by atoms with Crippen LogP contribution in [0.4, 0.5) is 4.79 Å². The summed E-state index contributed by atoms with van der Waals surface area (Å²) in [5.41, 5.74) is 0. The summed E-state index contributed by atoms with van der Waals surface area (Å²) in [7, 11) is 6.86. The Balaban J connectivity index is 3.50. The monoisotopic (exact) mass is 209 g/mol. The molecule has 0 bridgehead atoms. The van der Waals surface area contributed by atoms with E-state index in [1.165, 1.54) is 0 Å². The number of rotatable bonds is 7. The summed E-state index contributed by atoms with van der Waals surface area (Å²) >= 11 is 0. The van der Waals surface area contributed by atoms with Gasteiger partial charge in [-0.1, -0.05) is 12.8 Å². The van der Waals surface area contributed by atoms with Gasteiger partial charge in [-0.15, -0.1) is 0 Å². The maximum absolute atomic E-state index is 10.8. The molecule has 4 heteroatoms. The van der Waals surface area contributed by atoms with Crippen molar-refractivity contribution in [1.29, 1.82) is 0 Å². The Bertz CT molecular complexity index is 219. The maximum Gasteiger partial charge on any atom is 0.200 e. The van der Waals surface area contributed by atoms with E-state index in [1.54, 1.807) is 18.9 Å². The van der Waals surface area contributed by atoms with Gasteiger partial charge in [0.2, 0.25) is 7.85 Å². The van der Waals surface area contributed by atoms with E-state index in [0.717, 1.165) is 25.7 Å². The van der Waals surface area contributed by atoms with Gasteiger partial charge in [0, 0.05) is 19.5 Å². The van der Waals surface area contributed by atoms with Crippen LogP contribution in [-0.2, 0) is 4.79 Å². The van der Waals surface area contributed by atoms with Crippen molar-refractivity contribution in [3.8, 4) is 0 Å². The topological polar surface area (TPSA) is 37.4 Å². The number of hydrogen-bond donors (Lipinski definition) is 0. The molecular weight excluding hydrogens is 189 g/mol. The summed E-state index contributed by atoms with van der Waals surface area (Å²) in [5, 5.41) is 0. The quantitative estimate of drug-likeness (QED) is 0.475. The summed E-state index contributed by atoms with van der Waals surface area (Å²) in [6, 6.07) is 0.180. The molecule has 0 N–H and O–H groups in total. The normalized spacial score (nSPS) is 12.2. The predicted molar refractivity (Wildman–Crippen MR) is 62.1 cm³/mol. The first-order chi connectivity index (χ1) is 6.95.